The van der Waals surface area contributed by atoms with Gasteiger partial charge in [0, 0.05) is 11.6 Å². The first-order chi connectivity index (χ1) is 7.13. The summed E-state index contributed by atoms with van der Waals surface area (Å²) in [7, 11) is 0. The molecule has 0 bridgehead atoms. The summed E-state index contributed by atoms with van der Waals surface area (Å²) in [6.07, 6.45) is 0.987. The molecule has 4 heteroatoms. The topological polar surface area (TPSA) is 69.2 Å². The molecular weight excluding hydrogens is 192 g/mol. The summed E-state index contributed by atoms with van der Waals surface area (Å²) < 4.78 is 0. The second-order valence-corrected chi connectivity index (χ2v) is 4.16. The fraction of sp³-hybridized carbons (Fsp3) is 0.455. The van der Waals surface area contributed by atoms with E-state index in [0.717, 1.165) is 17.5 Å². The molecule has 2 N–H and O–H groups in total. The third-order valence-corrected chi connectivity index (χ3v) is 3.00. The van der Waals surface area contributed by atoms with Crippen LogP contribution >= 0.6 is 0 Å². The van der Waals surface area contributed by atoms with Crippen LogP contribution in [0.4, 0.5) is 5.69 Å². The summed E-state index contributed by atoms with van der Waals surface area (Å²) in [4.78, 5) is 10.5. The lowest BCUT2D eigenvalue weighted by Crippen LogP contribution is -2.03. The van der Waals surface area contributed by atoms with Crippen LogP contribution in [0.2, 0.25) is 0 Å². The Morgan fingerprint density at radius 3 is 2.87 bits per heavy atom. The molecule has 80 valence electrons. The number of aryl methyl sites for hydroxylation is 1. The number of benzene rings is 1. The van der Waals surface area contributed by atoms with E-state index in [9.17, 15) is 10.1 Å². The van der Waals surface area contributed by atoms with Crippen molar-refractivity contribution in [2.45, 2.75) is 19.3 Å². The summed E-state index contributed by atoms with van der Waals surface area (Å²) in [6.45, 7) is 2.57. The Morgan fingerprint density at radius 2 is 2.33 bits per heavy atom. The van der Waals surface area contributed by atoms with E-state index in [2.05, 4.69) is 0 Å². The zero-order valence-electron chi connectivity index (χ0n) is 8.64. The van der Waals surface area contributed by atoms with E-state index in [1.165, 1.54) is 0 Å². The Morgan fingerprint density at radius 1 is 1.60 bits per heavy atom. The molecule has 1 fully saturated rings. The predicted octanol–water partition coefficient (Wildman–Crippen LogP) is 1.97. The second kappa shape index (κ2) is 3.62. The van der Waals surface area contributed by atoms with Gasteiger partial charge in [-0.3, -0.25) is 10.1 Å². The van der Waals surface area contributed by atoms with E-state index in [1.807, 2.05) is 13.0 Å². The Labute approximate surface area is 88.2 Å². The Balaban J connectivity index is 2.36. The molecule has 0 radical (unpaired) electrons. The minimum Gasteiger partial charge on any atom is -0.330 e. The summed E-state index contributed by atoms with van der Waals surface area (Å²) >= 11 is 0. The molecule has 2 rings (SSSR count). The first kappa shape index (κ1) is 10.1. The molecule has 1 aliphatic carbocycles. The molecule has 1 aromatic carbocycles. The maximum atomic E-state index is 10.8. The quantitative estimate of drug-likeness (QED) is 0.607. The zero-order valence-corrected chi connectivity index (χ0v) is 8.64. The van der Waals surface area contributed by atoms with E-state index in [4.69, 9.17) is 5.73 Å². The molecule has 0 amide bonds. The lowest BCUT2D eigenvalue weighted by atomic mass is 10.0. The maximum absolute atomic E-state index is 10.8. The van der Waals surface area contributed by atoms with Crippen molar-refractivity contribution in [1.82, 2.24) is 0 Å². The number of nitrogens with two attached hydrogens (primary N) is 1. The lowest BCUT2D eigenvalue weighted by molar-refractivity contribution is -0.385. The van der Waals surface area contributed by atoms with Crippen LogP contribution in [-0.2, 0) is 0 Å². The molecule has 1 aromatic rings. The van der Waals surface area contributed by atoms with Gasteiger partial charge in [-0.15, -0.1) is 0 Å². The summed E-state index contributed by atoms with van der Waals surface area (Å²) in [6, 6.07) is 5.29. The average molecular weight is 206 g/mol. The molecule has 0 unspecified atom stereocenters. The normalized spacial score (nSPS) is 23.9. The van der Waals surface area contributed by atoms with Crippen LogP contribution in [0.1, 0.15) is 23.5 Å². The molecule has 0 saturated heterocycles. The number of rotatable bonds is 3. The summed E-state index contributed by atoms with van der Waals surface area (Å²) in [5.41, 5.74) is 7.72. The molecule has 1 aliphatic rings. The van der Waals surface area contributed by atoms with Crippen LogP contribution in [0.25, 0.3) is 0 Å². The van der Waals surface area contributed by atoms with Gasteiger partial charge in [0.1, 0.15) is 0 Å². The standard InChI is InChI=1S/C11H14N2O2/c1-7-2-3-11(13(14)15)10(4-7)9-5-8(9)6-12/h2-4,8-9H,5-6,12H2,1H3/t8-,9+/m0/s1. The van der Waals surface area contributed by atoms with Crippen LogP contribution in [0, 0.1) is 23.0 Å². The Bertz CT molecular complexity index is 404. The van der Waals surface area contributed by atoms with Crippen molar-refractivity contribution in [3.05, 3.63) is 39.4 Å². The summed E-state index contributed by atoms with van der Waals surface area (Å²) in [5, 5.41) is 10.8. The Kier molecular flexibility index (Phi) is 2.44. The zero-order chi connectivity index (χ0) is 11.0. The van der Waals surface area contributed by atoms with E-state index in [0.29, 0.717) is 18.4 Å². The van der Waals surface area contributed by atoms with E-state index in [1.54, 1.807) is 12.1 Å². The second-order valence-electron chi connectivity index (χ2n) is 4.16. The first-order valence-corrected chi connectivity index (χ1v) is 5.08. The fourth-order valence-electron chi connectivity index (χ4n) is 2.03. The highest BCUT2D eigenvalue weighted by Crippen LogP contribution is 2.49. The third-order valence-electron chi connectivity index (χ3n) is 3.00. The van der Waals surface area contributed by atoms with Crippen LogP contribution in [0.15, 0.2) is 18.2 Å². The highest BCUT2D eigenvalue weighted by molar-refractivity contribution is 5.47. The molecule has 0 aromatic heterocycles. The fourth-order valence-corrected chi connectivity index (χ4v) is 2.03. The average Bonchev–Trinajstić information content (AvgIpc) is 2.95. The largest absolute Gasteiger partial charge is 0.330 e. The van der Waals surface area contributed by atoms with Crippen molar-refractivity contribution in [3.63, 3.8) is 0 Å². The minimum atomic E-state index is -0.305. The van der Waals surface area contributed by atoms with Crippen LogP contribution in [0.3, 0.4) is 0 Å². The van der Waals surface area contributed by atoms with Crippen molar-refractivity contribution in [3.8, 4) is 0 Å². The molecular formula is C11H14N2O2. The predicted molar refractivity (Wildman–Crippen MR) is 57.7 cm³/mol. The first-order valence-electron chi connectivity index (χ1n) is 5.08. The van der Waals surface area contributed by atoms with E-state index < -0.39 is 0 Å². The van der Waals surface area contributed by atoms with Gasteiger partial charge in [-0.25, -0.2) is 0 Å². The Hall–Kier alpha value is -1.42. The van der Waals surface area contributed by atoms with Gasteiger partial charge >= 0.3 is 0 Å². The van der Waals surface area contributed by atoms with Gasteiger partial charge in [-0.05, 0) is 37.8 Å². The van der Waals surface area contributed by atoms with Crippen LogP contribution in [0.5, 0.6) is 0 Å². The van der Waals surface area contributed by atoms with Crippen molar-refractivity contribution in [1.29, 1.82) is 0 Å². The van der Waals surface area contributed by atoms with Gasteiger partial charge in [0.15, 0.2) is 0 Å². The molecule has 0 aliphatic heterocycles. The van der Waals surface area contributed by atoms with Crippen molar-refractivity contribution in [2.75, 3.05) is 6.54 Å². The van der Waals surface area contributed by atoms with Crippen LogP contribution in [-0.4, -0.2) is 11.5 Å². The molecule has 1 saturated carbocycles. The molecule has 0 heterocycles. The number of nitro groups is 1. The van der Waals surface area contributed by atoms with Crippen molar-refractivity contribution < 1.29 is 4.92 Å². The number of nitro benzene ring substituents is 1. The van der Waals surface area contributed by atoms with Gasteiger partial charge in [-0.2, -0.15) is 0 Å². The highest BCUT2D eigenvalue weighted by atomic mass is 16.6. The van der Waals surface area contributed by atoms with Gasteiger partial charge in [-0.1, -0.05) is 11.6 Å². The highest BCUT2D eigenvalue weighted by Gasteiger charge is 2.40. The molecule has 0 spiro atoms. The SMILES string of the molecule is Cc1ccc([N+](=O)[O-])c([C@@H]2C[C@H]2CN)c1. The van der Waals surface area contributed by atoms with Gasteiger partial charge in [0.2, 0.25) is 0 Å². The molecule has 4 nitrogen and oxygen atoms in total. The monoisotopic (exact) mass is 206 g/mol. The van der Waals surface area contributed by atoms with Gasteiger partial charge in [0.25, 0.3) is 5.69 Å². The maximum Gasteiger partial charge on any atom is 0.272 e. The third kappa shape index (κ3) is 1.85. The van der Waals surface area contributed by atoms with E-state index in [-0.39, 0.29) is 10.6 Å². The van der Waals surface area contributed by atoms with Crippen molar-refractivity contribution >= 4 is 5.69 Å². The minimum absolute atomic E-state index is 0.238. The summed E-state index contributed by atoms with van der Waals surface area (Å²) in [5.74, 6) is 0.737. The number of hydrogen-bond donors (Lipinski definition) is 1. The van der Waals surface area contributed by atoms with Crippen LogP contribution < -0.4 is 5.73 Å². The number of hydrogen-bond acceptors (Lipinski definition) is 3. The van der Waals surface area contributed by atoms with Crippen molar-refractivity contribution in [2.24, 2.45) is 11.7 Å². The van der Waals surface area contributed by atoms with Gasteiger partial charge < -0.3 is 5.73 Å². The lowest BCUT2D eigenvalue weighted by Gasteiger charge is -2.03. The van der Waals surface area contributed by atoms with Gasteiger partial charge in [0.05, 0.1) is 4.92 Å². The number of nitrogens with zero attached hydrogens (tertiary/aromatic N) is 1. The molecule has 15 heavy (non-hydrogen) atoms. The smallest absolute Gasteiger partial charge is 0.272 e. The molecule has 2 atom stereocenters. The van der Waals surface area contributed by atoms with E-state index >= 15 is 0 Å².